The third-order valence-electron chi connectivity index (χ3n) is 5.08. The number of likely N-dealkylation sites (tertiary alicyclic amines) is 1. The van der Waals surface area contributed by atoms with E-state index in [2.05, 4.69) is 10.6 Å². The van der Waals surface area contributed by atoms with Crippen molar-refractivity contribution in [2.24, 2.45) is 0 Å². The van der Waals surface area contributed by atoms with E-state index in [9.17, 15) is 9.59 Å². The van der Waals surface area contributed by atoms with E-state index in [1.807, 2.05) is 53.4 Å². The van der Waals surface area contributed by atoms with Gasteiger partial charge >= 0.3 is 0 Å². The molecular weight excluding hydrogens is 354 g/mol. The molecule has 1 aliphatic rings. The molecule has 0 saturated carbocycles. The SMILES string of the molecule is COc1cccc(NC(=O)C(NC2CCN(C(C)=O)CC2)c2ccccc2)c1. The smallest absolute Gasteiger partial charge is 0.246 e. The lowest BCUT2D eigenvalue weighted by Crippen LogP contribution is -2.47. The summed E-state index contributed by atoms with van der Waals surface area (Å²) in [7, 11) is 1.60. The van der Waals surface area contributed by atoms with E-state index in [0.717, 1.165) is 18.4 Å². The summed E-state index contributed by atoms with van der Waals surface area (Å²) in [6.45, 7) is 3.03. The molecule has 0 spiro atoms. The second kappa shape index (κ2) is 9.37. The van der Waals surface area contributed by atoms with E-state index in [1.54, 1.807) is 20.1 Å². The van der Waals surface area contributed by atoms with Crippen LogP contribution >= 0.6 is 0 Å². The van der Waals surface area contributed by atoms with Crippen LogP contribution in [0.4, 0.5) is 5.69 Å². The number of ether oxygens (including phenoxy) is 1. The fraction of sp³-hybridized carbons (Fsp3) is 0.364. The topological polar surface area (TPSA) is 70.7 Å². The molecule has 2 aromatic rings. The molecule has 6 nitrogen and oxygen atoms in total. The molecule has 0 bridgehead atoms. The van der Waals surface area contributed by atoms with Gasteiger partial charge in [-0.2, -0.15) is 0 Å². The summed E-state index contributed by atoms with van der Waals surface area (Å²) >= 11 is 0. The molecule has 0 aromatic heterocycles. The Morgan fingerprint density at radius 2 is 1.79 bits per heavy atom. The molecule has 1 aliphatic heterocycles. The van der Waals surface area contributed by atoms with Crippen LogP contribution in [0.25, 0.3) is 0 Å². The normalized spacial score (nSPS) is 15.7. The highest BCUT2D eigenvalue weighted by atomic mass is 16.5. The highest BCUT2D eigenvalue weighted by molar-refractivity contribution is 5.95. The zero-order valence-corrected chi connectivity index (χ0v) is 16.4. The number of amides is 2. The van der Waals surface area contributed by atoms with Crippen molar-refractivity contribution >= 4 is 17.5 Å². The Labute approximate surface area is 165 Å². The first-order valence-electron chi connectivity index (χ1n) is 9.58. The quantitative estimate of drug-likeness (QED) is 0.807. The highest BCUT2D eigenvalue weighted by Gasteiger charge is 2.27. The van der Waals surface area contributed by atoms with Gasteiger partial charge in [0.1, 0.15) is 11.8 Å². The van der Waals surface area contributed by atoms with Crippen molar-refractivity contribution in [2.45, 2.75) is 31.8 Å². The van der Waals surface area contributed by atoms with E-state index >= 15 is 0 Å². The lowest BCUT2D eigenvalue weighted by atomic mass is 10.00. The molecular formula is C22H27N3O3. The molecule has 1 heterocycles. The molecule has 6 heteroatoms. The first kappa shape index (κ1) is 19.9. The number of hydrogen-bond acceptors (Lipinski definition) is 4. The van der Waals surface area contributed by atoms with Crippen LogP contribution in [0.15, 0.2) is 54.6 Å². The Kier molecular flexibility index (Phi) is 6.66. The van der Waals surface area contributed by atoms with Gasteiger partial charge in [0.05, 0.1) is 7.11 Å². The van der Waals surface area contributed by atoms with Gasteiger partial charge in [-0.3, -0.25) is 14.9 Å². The number of anilines is 1. The molecule has 2 amide bonds. The van der Waals surface area contributed by atoms with Crippen LogP contribution in [0.5, 0.6) is 5.75 Å². The first-order chi connectivity index (χ1) is 13.6. The van der Waals surface area contributed by atoms with Crippen molar-refractivity contribution in [3.05, 3.63) is 60.2 Å². The van der Waals surface area contributed by atoms with Crippen molar-refractivity contribution in [2.75, 3.05) is 25.5 Å². The van der Waals surface area contributed by atoms with Crippen LogP contribution in [0.1, 0.15) is 31.4 Å². The van der Waals surface area contributed by atoms with Gasteiger partial charge in [-0.15, -0.1) is 0 Å². The predicted octanol–water partition coefficient (Wildman–Crippen LogP) is 2.98. The Bertz CT molecular complexity index is 802. The van der Waals surface area contributed by atoms with Gasteiger partial charge in [0.15, 0.2) is 0 Å². The number of methoxy groups -OCH3 is 1. The molecule has 1 saturated heterocycles. The summed E-state index contributed by atoms with van der Waals surface area (Å²) in [6.07, 6.45) is 1.66. The number of carbonyl (C=O) groups is 2. The largest absolute Gasteiger partial charge is 0.497 e. The van der Waals surface area contributed by atoms with Crippen LogP contribution < -0.4 is 15.4 Å². The third kappa shape index (κ3) is 5.10. The molecule has 28 heavy (non-hydrogen) atoms. The number of nitrogens with one attached hydrogen (secondary N) is 2. The second-order valence-electron chi connectivity index (χ2n) is 7.01. The number of piperidine rings is 1. The fourth-order valence-electron chi connectivity index (χ4n) is 3.48. The lowest BCUT2D eigenvalue weighted by Gasteiger charge is -2.34. The number of hydrogen-bond donors (Lipinski definition) is 2. The summed E-state index contributed by atoms with van der Waals surface area (Å²) < 4.78 is 5.23. The molecule has 0 radical (unpaired) electrons. The fourth-order valence-corrected chi connectivity index (χ4v) is 3.48. The molecule has 1 atom stereocenters. The van der Waals surface area contributed by atoms with Gasteiger partial charge in [0.2, 0.25) is 11.8 Å². The maximum atomic E-state index is 13.1. The van der Waals surface area contributed by atoms with Gasteiger partial charge in [-0.25, -0.2) is 0 Å². The monoisotopic (exact) mass is 381 g/mol. The summed E-state index contributed by atoms with van der Waals surface area (Å²) in [5.74, 6) is 0.681. The average Bonchev–Trinajstić information content (AvgIpc) is 2.73. The van der Waals surface area contributed by atoms with Crippen molar-refractivity contribution in [1.82, 2.24) is 10.2 Å². The number of carbonyl (C=O) groups excluding carboxylic acids is 2. The van der Waals surface area contributed by atoms with Crippen molar-refractivity contribution in [3.63, 3.8) is 0 Å². The number of benzene rings is 2. The zero-order valence-electron chi connectivity index (χ0n) is 16.4. The maximum absolute atomic E-state index is 13.1. The zero-order chi connectivity index (χ0) is 19.9. The Morgan fingerprint density at radius 3 is 2.43 bits per heavy atom. The standard InChI is InChI=1S/C22H27N3O3/c1-16(26)25-13-11-18(12-14-25)23-21(17-7-4-3-5-8-17)22(27)24-19-9-6-10-20(15-19)28-2/h3-10,15,18,21,23H,11-14H2,1-2H3,(H,24,27). The van der Waals surface area contributed by atoms with E-state index < -0.39 is 6.04 Å². The van der Waals surface area contributed by atoms with Gasteiger partial charge in [0, 0.05) is 37.8 Å². The number of rotatable bonds is 6. The van der Waals surface area contributed by atoms with Crippen molar-refractivity contribution in [3.8, 4) is 5.75 Å². The maximum Gasteiger partial charge on any atom is 0.246 e. The Morgan fingerprint density at radius 1 is 1.07 bits per heavy atom. The van der Waals surface area contributed by atoms with Crippen LogP contribution in [0, 0.1) is 0 Å². The lowest BCUT2D eigenvalue weighted by molar-refractivity contribution is -0.130. The Balaban J connectivity index is 1.72. The van der Waals surface area contributed by atoms with E-state index in [4.69, 9.17) is 4.74 Å². The summed E-state index contributed by atoms with van der Waals surface area (Å²) in [6, 6.07) is 16.7. The van der Waals surface area contributed by atoms with Crippen LogP contribution in [0.2, 0.25) is 0 Å². The second-order valence-corrected chi connectivity index (χ2v) is 7.01. The van der Waals surface area contributed by atoms with Crippen LogP contribution in [-0.2, 0) is 9.59 Å². The minimum absolute atomic E-state index is 0.105. The summed E-state index contributed by atoms with van der Waals surface area (Å²) in [5, 5.41) is 6.48. The molecule has 1 fully saturated rings. The minimum atomic E-state index is -0.471. The Hall–Kier alpha value is -2.86. The van der Waals surface area contributed by atoms with Crippen LogP contribution in [-0.4, -0.2) is 43.0 Å². The van der Waals surface area contributed by atoms with Gasteiger partial charge in [0.25, 0.3) is 0 Å². The van der Waals surface area contributed by atoms with Crippen LogP contribution in [0.3, 0.4) is 0 Å². The van der Waals surface area contributed by atoms with E-state index in [1.165, 1.54) is 0 Å². The van der Waals surface area contributed by atoms with Crippen molar-refractivity contribution in [1.29, 1.82) is 0 Å². The highest BCUT2D eigenvalue weighted by Crippen LogP contribution is 2.22. The molecule has 3 rings (SSSR count). The molecule has 0 aliphatic carbocycles. The van der Waals surface area contributed by atoms with E-state index in [-0.39, 0.29) is 17.9 Å². The minimum Gasteiger partial charge on any atom is -0.497 e. The first-order valence-corrected chi connectivity index (χ1v) is 9.58. The molecule has 2 N–H and O–H groups in total. The average molecular weight is 381 g/mol. The van der Waals surface area contributed by atoms with E-state index in [0.29, 0.717) is 24.5 Å². The third-order valence-corrected chi connectivity index (χ3v) is 5.08. The van der Waals surface area contributed by atoms with Gasteiger partial charge in [-0.05, 0) is 30.5 Å². The molecule has 2 aromatic carbocycles. The van der Waals surface area contributed by atoms with Gasteiger partial charge < -0.3 is 15.0 Å². The summed E-state index contributed by atoms with van der Waals surface area (Å²) in [5.41, 5.74) is 1.61. The molecule has 1 unspecified atom stereocenters. The predicted molar refractivity (Wildman–Crippen MR) is 109 cm³/mol. The van der Waals surface area contributed by atoms with Gasteiger partial charge in [-0.1, -0.05) is 36.4 Å². The van der Waals surface area contributed by atoms with Crippen molar-refractivity contribution < 1.29 is 14.3 Å². The number of nitrogens with zero attached hydrogens (tertiary/aromatic N) is 1. The molecule has 148 valence electrons. The summed E-state index contributed by atoms with van der Waals surface area (Å²) in [4.78, 5) is 26.5.